The average molecular weight is 314 g/mol. The number of nitrogens with one attached hydrogen (secondary N) is 1. The second kappa shape index (κ2) is 6.58. The molecular formula is C15H17F3N2S. The van der Waals surface area contributed by atoms with Gasteiger partial charge in [-0.15, -0.1) is 11.3 Å². The number of hydrogen-bond acceptors (Lipinski definition) is 3. The van der Waals surface area contributed by atoms with Crippen LogP contribution in [0.15, 0.2) is 30.6 Å². The molecule has 6 heteroatoms. The lowest BCUT2D eigenvalue weighted by Gasteiger charge is -2.21. The van der Waals surface area contributed by atoms with Crippen molar-refractivity contribution >= 4 is 11.3 Å². The number of nitrogens with zero attached hydrogens (tertiary/aromatic N) is 1. The molecule has 0 bridgehead atoms. The summed E-state index contributed by atoms with van der Waals surface area (Å²) in [5.74, 6) is 0. The topological polar surface area (TPSA) is 24.9 Å². The van der Waals surface area contributed by atoms with E-state index in [0.29, 0.717) is 6.54 Å². The highest BCUT2D eigenvalue weighted by molar-refractivity contribution is 7.12. The zero-order chi connectivity index (χ0) is 15.5. The molecule has 0 fully saturated rings. The molecule has 2 rings (SSSR count). The molecule has 1 N–H and O–H groups in total. The first-order chi connectivity index (χ1) is 9.93. The fourth-order valence-corrected chi connectivity index (χ4v) is 3.13. The summed E-state index contributed by atoms with van der Waals surface area (Å²) in [6.45, 7) is 4.57. The Kier molecular flexibility index (Phi) is 5.00. The minimum atomic E-state index is -4.38. The molecule has 114 valence electrons. The van der Waals surface area contributed by atoms with Gasteiger partial charge < -0.3 is 5.32 Å². The van der Waals surface area contributed by atoms with E-state index in [1.165, 1.54) is 23.7 Å². The van der Waals surface area contributed by atoms with Gasteiger partial charge in [0.05, 0.1) is 11.6 Å². The molecule has 0 saturated carbocycles. The maximum atomic E-state index is 13.2. The van der Waals surface area contributed by atoms with E-state index < -0.39 is 17.8 Å². The molecule has 2 aromatic heterocycles. The minimum Gasteiger partial charge on any atom is -0.306 e. The van der Waals surface area contributed by atoms with Gasteiger partial charge in [-0.3, -0.25) is 4.98 Å². The van der Waals surface area contributed by atoms with Crippen molar-refractivity contribution in [1.29, 1.82) is 0 Å². The first-order valence-corrected chi connectivity index (χ1v) is 7.56. The number of alkyl halides is 3. The van der Waals surface area contributed by atoms with Crippen molar-refractivity contribution in [1.82, 2.24) is 10.3 Å². The molecule has 0 saturated heterocycles. The van der Waals surface area contributed by atoms with E-state index in [-0.39, 0.29) is 5.56 Å². The number of aryl methyl sites for hydroxylation is 1. The lowest BCUT2D eigenvalue weighted by molar-refractivity contribution is -0.138. The minimum absolute atomic E-state index is 0.181. The molecule has 2 heterocycles. The number of thiophene rings is 1. The molecule has 0 spiro atoms. The van der Waals surface area contributed by atoms with Crippen molar-refractivity contribution < 1.29 is 13.2 Å². The SMILES string of the molecule is CCCNC(c1ccc(C)s1)c1cnccc1C(F)(F)F. The van der Waals surface area contributed by atoms with E-state index >= 15 is 0 Å². The zero-order valence-electron chi connectivity index (χ0n) is 11.9. The van der Waals surface area contributed by atoms with Crippen molar-refractivity contribution in [3.05, 3.63) is 51.5 Å². The lowest BCUT2D eigenvalue weighted by atomic mass is 10.0. The molecule has 0 aliphatic rings. The Balaban J connectivity index is 2.46. The van der Waals surface area contributed by atoms with Crippen molar-refractivity contribution in [2.45, 2.75) is 32.5 Å². The number of pyridine rings is 1. The normalized spacial score (nSPS) is 13.4. The molecule has 0 amide bonds. The van der Waals surface area contributed by atoms with Crippen LogP contribution in [0.25, 0.3) is 0 Å². The van der Waals surface area contributed by atoms with Gasteiger partial charge in [-0.1, -0.05) is 6.92 Å². The van der Waals surface area contributed by atoms with Crippen LogP contribution in [0.2, 0.25) is 0 Å². The predicted octanol–water partition coefficient (Wildman–Crippen LogP) is 4.56. The fraction of sp³-hybridized carbons (Fsp3) is 0.400. The third-order valence-corrected chi connectivity index (χ3v) is 4.18. The van der Waals surface area contributed by atoms with Crippen molar-refractivity contribution in [3.8, 4) is 0 Å². The van der Waals surface area contributed by atoms with E-state index in [0.717, 1.165) is 22.2 Å². The molecule has 0 aliphatic heterocycles. The third kappa shape index (κ3) is 3.83. The summed E-state index contributed by atoms with van der Waals surface area (Å²) in [6.07, 6.45) is -1.03. The van der Waals surface area contributed by atoms with Crippen LogP contribution in [0, 0.1) is 6.92 Å². The second-order valence-corrected chi connectivity index (χ2v) is 6.12. The highest BCUT2D eigenvalue weighted by Crippen LogP contribution is 2.37. The predicted molar refractivity (Wildman–Crippen MR) is 78.4 cm³/mol. The molecule has 2 nitrogen and oxygen atoms in total. The number of hydrogen-bond donors (Lipinski definition) is 1. The Morgan fingerprint density at radius 3 is 2.62 bits per heavy atom. The van der Waals surface area contributed by atoms with Crippen molar-refractivity contribution in [2.24, 2.45) is 0 Å². The standard InChI is InChI=1S/C15H17F3N2S/c1-3-7-20-14(13-5-4-10(2)21-13)11-9-19-8-6-12(11)15(16,17)18/h4-6,8-9,14,20H,3,7H2,1-2H3. The Labute approximate surface area is 126 Å². The molecule has 2 aromatic rings. The zero-order valence-corrected chi connectivity index (χ0v) is 12.7. The van der Waals surface area contributed by atoms with E-state index in [1.54, 1.807) is 0 Å². The van der Waals surface area contributed by atoms with Gasteiger partial charge in [0, 0.05) is 27.7 Å². The van der Waals surface area contributed by atoms with Gasteiger partial charge in [0.2, 0.25) is 0 Å². The summed E-state index contributed by atoms with van der Waals surface area (Å²) in [6, 6.07) is 4.36. The van der Waals surface area contributed by atoms with Gasteiger partial charge in [0.15, 0.2) is 0 Å². The Bertz CT molecular complexity index is 593. The summed E-state index contributed by atoms with van der Waals surface area (Å²) in [4.78, 5) is 5.83. The molecular weight excluding hydrogens is 297 g/mol. The van der Waals surface area contributed by atoms with Crippen LogP contribution in [-0.2, 0) is 6.18 Å². The summed E-state index contributed by atoms with van der Waals surface area (Å²) in [5, 5.41) is 3.20. The number of halogens is 3. The van der Waals surface area contributed by atoms with Gasteiger partial charge in [-0.2, -0.15) is 13.2 Å². The van der Waals surface area contributed by atoms with Crippen LogP contribution < -0.4 is 5.32 Å². The van der Waals surface area contributed by atoms with Crippen LogP contribution in [-0.4, -0.2) is 11.5 Å². The highest BCUT2D eigenvalue weighted by Gasteiger charge is 2.35. The van der Waals surface area contributed by atoms with Gasteiger partial charge in [-0.05, 0) is 38.1 Å². The molecule has 0 aliphatic carbocycles. The summed E-state index contributed by atoms with van der Waals surface area (Å²) in [5.41, 5.74) is -0.447. The fourth-order valence-electron chi connectivity index (χ4n) is 2.16. The molecule has 21 heavy (non-hydrogen) atoms. The lowest BCUT2D eigenvalue weighted by Crippen LogP contribution is -2.25. The van der Waals surface area contributed by atoms with Gasteiger partial charge >= 0.3 is 6.18 Å². The first kappa shape index (κ1) is 16.0. The second-order valence-electron chi connectivity index (χ2n) is 4.80. The molecule has 0 aromatic carbocycles. The average Bonchev–Trinajstić information content (AvgIpc) is 2.85. The Hall–Kier alpha value is -1.40. The van der Waals surface area contributed by atoms with Crippen LogP contribution in [0.5, 0.6) is 0 Å². The largest absolute Gasteiger partial charge is 0.416 e. The van der Waals surface area contributed by atoms with Crippen LogP contribution in [0.3, 0.4) is 0 Å². The molecule has 0 radical (unpaired) electrons. The molecule has 1 atom stereocenters. The van der Waals surface area contributed by atoms with Gasteiger partial charge in [0.25, 0.3) is 0 Å². The van der Waals surface area contributed by atoms with E-state index in [4.69, 9.17) is 0 Å². The van der Waals surface area contributed by atoms with Crippen molar-refractivity contribution in [3.63, 3.8) is 0 Å². The summed E-state index contributed by atoms with van der Waals surface area (Å²) in [7, 11) is 0. The van der Waals surface area contributed by atoms with E-state index in [2.05, 4.69) is 10.3 Å². The van der Waals surface area contributed by atoms with Crippen LogP contribution in [0.1, 0.15) is 40.3 Å². The number of aromatic nitrogens is 1. The monoisotopic (exact) mass is 314 g/mol. The maximum Gasteiger partial charge on any atom is 0.416 e. The van der Waals surface area contributed by atoms with Crippen LogP contribution >= 0.6 is 11.3 Å². The summed E-state index contributed by atoms with van der Waals surface area (Å²) >= 11 is 1.50. The van der Waals surface area contributed by atoms with Crippen LogP contribution in [0.4, 0.5) is 13.2 Å². The van der Waals surface area contributed by atoms with E-state index in [1.807, 2.05) is 26.0 Å². The molecule has 1 unspecified atom stereocenters. The van der Waals surface area contributed by atoms with Gasteiger partial charge in [0.1, 0.15) is 0 Å². The smallest absolute Gasteiger partial charge is 0.306 e. The summed E-state index contributed by atoms with van der Waals surface area (Å²) < 4.78 is 39.6. The highest BCUT2D eigenvalue weighted by atomic mass is 32.1. The quantitative estimate of drug-likeness (QED) is 0.875. The Morgan fingerprint density at radius 2 is 2.05 bits per heavy atom. The van der Waals surface area contributed by atoms with Gasteiger partial charge in [-0.25, -0.2) is 0 Å². The third-order valence-electron chi connectivity index (χ3n) is 3.11. The maximum absolute atomic E-state index is 13.2. The van der Waals surface area contributed by atoms with E-state index in [9.17, 15) is 13.2 Å². The number of rotatable bonds is 5. The Morgan fingerprint density at radius 1 is 1.29 bits per heavy atom. The van der Waals surface area contributed by atoms with Crippen molar-refractivity contribution in [2.75, 3.05) is 6.54 Å². The first-order valence-electron chi connectivity index (χ1n) is 6.74.